The van der Waals surface area contributed by atoms with Gasteiger partial charge in [-0.05, 0) is 80.6 Å². The normalized spacial score (nSPS) is 16.5. The number of carbonyl (C=O) groups is 10. The molecule has 454 valence electrons. The van der Waals surface area contributed by atoms with Gasteiger partial charge in [0, 0.05) is 61.8 Å². The Morgan fingerprint density at radius 3 is 1.53 bits per heavy atom. The van der Waals surface area contributed by atoms with Crippen LogP contribution in [0.1, 0.15) is 129 Å². The van der Waals surface area contributed by atoms with E-state index in [1.807, 2.05) is 41.5 Å². The lowest BCUT2D eigenvalue weighted by molar-refractivity contribution is -0.157. The Labute approximate surface area is 472 Å². The molecule has 23 heteroatoms. The van der Waals surface area contributed by atoms with Gasteiger partial charge in [-0.15, -0.1) is 0 Å². The summed E-state index contributed by atoms with van der Waals surface area (Å²) in [5, 5.41) is 19.9. The highest BCUT2D eigenvalue weighted by Crippen LogP contribution is 2.25. The number of rotatable bonds is 31. The van der Waals surface area contributed by atoms with Crippen LogP contribution >= 0.6 is 0 Å². The molecule has 1 unspecified atom stereocenters. The molecule has 1 aliphatic heterocycles. The molecule has 1 heterocycles. The molecule has 0 aromatic heterocycles. The quantitative estimate of drug-likeness (QED) is 0.0665. The second-order valence-electron chi connectivity index (χ2n) is 24.1. The van der Waals surface area contributed by atoms with Gasteiger partial charge in [0.2, 0.25) is 53.2 Å². The molecule has 0 aromatic rings. The molecular formula is C56H103N11O12. The van der Waals surface area contributed by atoms with Crippen LogP contribution in [0.15, 0.2) is 0 Å². The number of urea groups is 1. The summed E-state index contributed by atoms with van der Waals surface area (Å²) in [6.45, 7) is 27.5. The maximum Gasteiger partial charge on any atom is 0.324 e. The fourth-order valence-electron chi connectivity index (χ4n) is 9.69. The van der Waals surface area contributed by atoms with Gasteiger partial charge in [-0.1, -0.05) is 90.0 Å². The lowest BCUT2D eigenvalue weighted by Crippen LogP contribution is -2.64. The van der Waals surface area contributed by atoms with Crippen LogP contribution in [0.2, 0.25) is 0 Å². The Balaban J connectivity index is 3.70. The molecule has 6 N–H and O–H groups in total. The van der Waals surface area contributed by atoms with Gasteiger partial charge in [0.15, 0.2) is 0 Å². The van der Waals surface area contributed by atoms with Crippen molar-refractivity contribution in [2.75, 3.05) is 81.7 Å². The summed E-state index contributed by atoms with van der Waals surface area (Å²) >= 11 is 0. The van der Waals surface area contributed by atoms with Crippen molar-refractivity contribution in [3.63, 3.8) is 0 Å². The first kappa shape index (κ1) is 71.6. The van der Waals surface area contributed by atoms with Gasteiger partial charge < -0.3 is 55.6 Å². The molecule has 0 spiro atoms. The summed E-state index contributed by atoms with van der Waals surface area (Å²) in [4.78, 5) is 148. The van der Waals surface area contributed by atoms with Gasteiger partial charge in [-0.2, -0.15) is 0 Å². The Kier molecular flexibility index (Phi) is 30.2. The van der Waals surface area contributed by atoms with E-state index in [9.17, 15) is 43.5 Å². The van der Waals surface area contributed by atoms with E-state index >= 15 is 9.59 Å². The molecule has 1 rings (SSSR count). The predicted molar refractivity (Wildman–Crippen MR) is 302 cm³/mol. The third-order valence-corrected chi connectivity index (χ3v) is 14.8. The molecule has 1 saturated heterocycles. The van der Waals surface area contributed by atoms with Gasteiger partial charge in [-0.3, -0.25) is 53.4 Å². The molecule has 0 aromatic carbocycles. The topological polar surface area (TPSA) is 285 Å². The highest BCUT2D eigenvalue weighted by atomic mass is 16.5. The number of amides is 11. The van der Waals surface area contributed by atoms with Crippen molar-refractivity contribution in [3.05, 3.63) is 0 Å². The van der Waals surface area contributed by atoms with Crippen molar-refractivity contribution in [1.29, 1.82) is 0 Å². The largest absolute Gasteiger partial charge is 0.390 e. The zero-order valence-electron chi connectivity index (χ0n) is 51.6. The number of nitrogens with two attached hydrogens (primary N) is 1. The van der Waals surface area contributed by atoms with Crippen LogP contribution in [0.5, 0.6) is 0 Å². The number of nitrogens with one attached hydrogen (secondary N) is 3. The highest BCUT2D eigenvalue weighted by molar-refractivity contribution is 6.01. The predicted octanol–water partition coefficient (Wildman–Crippen LogP) is 1.98. The number of morpholine rings is 1. The summed E-state index contributed by atoms with van der Waals surface area (Å²) in [5.74, 6) is -7.88. The third-order valence-electron chi connectivity index (χ3n) is 14.8. The van der Waals surface area contributed by atoms with Gasteiger partial charge in [-0.25, -0.2) is 4.79 Å². The van der Waals surface area contributed by atoms with Crippen molar-refractivity contribution in [3.8, 4) is 0 Å². The van der Waals surface area contributed by atoms with Crippen LogP contribution in [-0.4, -0.2) is 229 Å². The highest BCUT2D eigenvalue weighted by Gasteiger charge is 2.45. The lowest BCUT2D eigenvalue weighted by atomic mass is 9.91. The molecular weight excluding hydrogens is 1020 g/mol. The Morgan fingerprint density at radius 2 is 1.05 bits per heavy atom. The zero-order valence-corrected chi connectivity index (χ0v) is 51.6. The van der Waals surface area contributed by atoms with Crippen LogP contribution in [0.4, 0.5) is 4.79 Å². The minimum Gasteiger partial charge on any atom is -0.390 e. The monoisotopic (exact) mass is 1120 g/mol. The van der Waals surface area contributed by atoms with E-state index in [4.69, 9.17) is 10.5 Å². The van der Waals surface area contributed by atoms with Gasteiger partial charge in [0.05, 0.1) is 25.9 Å². The minimum atomic E-state index is -1.60. The average Bonchev–Trinajstić information content (AvgIpc) is 3.35. The number of likely N-dealkylation sites (N-methyl/N-ethyl adjacent to an activating group) is 6. The van der Waals surface area contributed by atoms with Crippen LogP contribution in [-0.2, 0) is 47.9 Å². The molecule has 1 aliphatic rings. The number of primary amides is 1. The number of ether oxygens (including phenoxy) is 1. The van der Waals surface area contributed by atoms with E-state index in [0.717, 1.165) is 14.7 Å². The van der Waals surface area contributed by atoms with Crippen LogP contribution in [0.25, 0.3) is 0 Å². The molecule has 0 radical (unpaired) electrons. The number of aliphatic hydroxyl groups is 1. The summed E-state index contributed by atoms with van der Waals surface area (Å²) in [7, 11) is 8.43. The maximum absolute atomic E-state index is 15.2. The lowest BCUT2D eigenvalue weighted by Gasteiger charge is -2.42. The standard InChI is InChI=1S/C56H103N11O12/c1-32(2)21-22-42(68)58-39(14)50(72)60-56(78)66(20)46(37(11)12)54(76)63(17)41(30-34(5)6)52(74)64(18)45(36(9)10)55(77)65(19)47(48(70)38(13)23-24-67-25-27-79-28-26-67)51(73)59-44(35(7)8)53(75)61(15)31-43(69)62(16)40(49(57)71)29-33(3)4/h32-41,44-48,70H,21-31H2,1-20H3,(H2,57,71)(H,58,68)(H,59,73)(H,60,72,78)/t38-,39-,40+,41+,44+,45+,46?,47+,48-/m1/s1. The minimum absolute atomic E-state index is 0.0376. The number of hydrogen-bond donors (Lipinski definition) is 5. The van der Waals surface area contributed by atoms with Crippen molar-refractivity contribution in [2.24, 2.45) is 47.2 Å². The molecule has 0 aliphatic carbocycles. The molecule has 79 heavy (non-hydrogen) atoms. The van der Waals surface area contributed by atoms with Crippen molar-refractivity contribution < 1.29 is 57.8 Å². The second-order valence-corrected chi connectivity index (χ2v) is 24.1. The molecule has 9 atom stereocenters. The maximum atomic E-state index is 15.2. The Bertz CT molecular complexity index is 2050. The molecule has 0 saturated carbocycles. The second kappa shape index (κ2) is 33.4. The molecule has 1 fully saturated rings. The fourth-order valence-corrected chi connectivity index (χ4v) is 9.69. The summed E-state index contributed by atoms with van der Waals surface area (Å²) in [6.07, 6.45) is 0.206. The molecule has 23 nitrogen and oxygen atoms in total. The van der Waals surface area contributed by atoms with E-state index in [0.29, 0.717) is 52.1 Å². The van der Waals surface area contributed by atoms with Crippen molar-refractivity contribution in [2.45, 2.75) is 177 Å². The number of aliphatic hydroxyl groups excluding tert-OH is 1. The summed E-state index contributed by atoms with van der Waals surface area (Å²) in [6, 6.07) is -9.30. The fraction of sp³-hybridized carbons (Fsp3) is 0.821. The first-order valence-corrected chi connectivity index (χ1v) is 28.3. The summed E-state index contributed by atoms with van der Waals surface area (Å²) < 4.78 is 5.51. The first-order chi connectivity index (χ1) is 36.5. The third kappa shape index (κ3) is 21.9. The van der Waals surface area contributed by atoms with Crippen LogP contribution in [0.3, 0.4) is 0 Å². The van der Waals surface area contributed by atoms with Crippen molar-refractivity contribution >= 4 is 59.2 Å². The van der Waals surface area contributed by atoms with Crippen LogP contribution in [0, 0.1) is 41.4 Å². The van der Waals surface area contributed by atoms with Gasteiger partial charge >= 0.3 is 6.03 Å². The summed E-state index contributed by atoms with van der Waals surface area (Å²) in [5.41, 5.74) is 5.65. The number of carbonyl (C=O) groups excluding carboxylic acids is 10. The first-order valence-electron chi connectivity index (χ1n) is 28.3. The van der Waals surface area contributed by atoms with Gasteiger partial charge in [0.25, 0.3) is 0 Å². The van der Waals surface area contributed by atoms with E-state index in [1.54, 1.807) is 48.5 Å². The van der Waals surface area contributed by atoms with E-state index in [2.05, 4.69) is 20.9 Å². The number of imide groups is 1. The molecule has 0 bridgehead atoms. The van der Waals surface area contributed by atoms with E-state index in [1.165, 1.54) is 63.9 Å². The van der Waals surface area contributed by atoms with Gasteiger partial charge in [0.1, 0.15) is 42.3 Å². The number of hydrogen-bond acceptors (Lipinski definition) is 13. The Morgan fingerprint density at radius 1 is 0.557 bits per heavy atom. The van der Waals surface area contributed by atoms with Crippen molar-refractivity contribution in [1.82, 2.24) is 50.2 Å². The van der Waals surface area contributed by atoms with E-state index < -0.39 is 132 Å². The molecule has 11 amide bonds. The number of nitrogens with zero attached hydrogens (tertiary/aromatic N) is 7. The zero-order chi connectivity index (χ0) is 61.1. The Hall–Kier alpha value is -5.42. The van der Waals surface area contributed by atoms with E-state index in [-0.39, 0.29) is 36.5 Å². The average molecular weight is 1120 g/mol. The SMILES string of the molecule is CC(C)CCC(=O)N[C@H](C)C(=O)NC(=O)N(C)C(C(=O)N(C)[C@@H](CC(C)C)C(=O)N(C)[C@H](C(=O)N(C)[C@H](C(=O)N[C@H](C(=O)N(C)CC(=O)N(C)[C@@H](CC(C)C)C(N)=O)C(C)C)[C@H](O)[C@H](C)CCN1CCOCC1)C(C)C)C(C)C. The van der Waals surface area contributed by atoms with Crippen LogP contribution < -0.4 is 21.7 Å². The smallest absolute Gasteiger partial charge is 0.324 e.